The first-order chi connectivity index (χ1) is 13.1. The molecule has 2 aromatic heterocycles. The van der Waals surface area contributed by atoms with Gasteiger partial charge in [0.15, 0.2) is 0 Å². The van der Waals surface area contributed by atoms with Gasteiger partial charge in [-0.1, -0.05) is 6.07 Å². The van der Waals surface area contributed by atoms with Crippen LogP contribution >= 0.6 is 0 Å². The van der Waals surface area contributed by atoms with E-state index in [4.69, 9.17) is 0 Å². The number of piperidine rings is 1. The Morgan fingerprint density at radius 2 is 2.04 bits per heavy atom. The van der Waals surface area contributed by atoms with Gasteiger partial charge >= 0.3 is 6.03 Å². The maximum atomic E-state index is 12.6. The number of urea groups is 1. The number of nitrogens with zero attached hydrogens (tertiary/aromatic N) is 5. The largest absolute Gasteiger partial charge is 0.341 e. The normalized spacial score (nSPS) is 20.8. The lowest BCUT2D eigenvalue weighted by Crippen LogP contribution is -2.48. The molecular formula is C19H24N6O2. The van der Waals surface area contributed by atoms with E-state index in [1.165, 1.54) is 0 Å². The highest BCUT2D eigenvalue weighted by Gasteiger charge is 2.35. The van der Waals surface area contributed by atoms with Gasteiger partial charge in [-0.3, -0.25) is 9.78 Å². The van der Waals surface area contributed by atoms with E-state index in [1.54, 1.807) is 18.1 Å². The van der Waals surface area contributed by atoms with Gasteiger partial charge in [0.25, 0.3) is 0 Å². The van der Waals surface area contributed by atoms with Crippen LogP contribution in [-0.2, 0) is 11.3 Å². The summed E-state index contributed by atoms with van der Waals surface area (Å²) >= 11 is 0. The van der Waals surface area contributed by atoms with Crippen LogP contribution in [0.1, 0.15) is 30.3 Å². The molecule has 0 aliphatic carbocycles. The number of amides is 3. The van der Waals surface area contributed by atoms with E-state index in [9.17, 15) is 9.59 Å². The average Bonchev–Trinajstić information content (AvgIpc) is 3.29. The molecule has 4 rings (SSSR count). The summed E-state index contributed by atoms with van der Waals surface area (Å²) < 4.78 is 2.15. The monoisotopic (exact) mass is 368 g/mol. The highest BCUT2D eigenvalue weighted by Crippen LogP contribution is 2.27. The highest BCUT2D eigenvalue weighted by atomic mass is 16.2. The minimum Gasteiger partial charge on any atom is -0.341 e. The molecular weight excluding hydrogens is 344 g/mol. The molecule has 4 heterocycles. The van der Waals surface area contributed by atoms with Gasteiger partial charge in [0.2, 0.25) is 5.91 Å². The molecule has 1 unspecified atom stereocenters. The van der Waals surface area contributed by atoms with Crippen molar-refractivity contribution < 1.29 is 9.59 Å². The Morgan fingerprint density at radius 1 is 1.22 bits per heavy atom. The van der Waals surface area contributed by atoms with Crippen molar-refractivity contribution in [2.24, 2.45) is 0 Å². The summed E-state index contributed by atoms with van der Waals surface area (Å²) in [5.41, 5.74) is 1.01. The number of likely N-dealkylation sites (tertiary alicyclic amines) is 1. The van der Waals surface area contributed by atoms with Gasteiger partial charge in [-0.15, -0.1) is 0 Å². The van der Waals surface area contributed by atoms with E-state index >= 15 is 0 Å². The molecule has 3 amide bonds. The SMILES string of the molecule is CN1CC(C(=O)N2CCC(c3nccn3Cc3ccccn3)CC2)NC1=O. The van der Waals surface area contributed by atoms with Crippen LogP contribution in [-0.4, -0.2) is 69.0 Å². The number of hydrogen-bond acceptors (Lipinski definition) is 4. The second-order valence-corrected chi connectivity index (χ2v) is 7.22. The van der Waals surface area contributed by atoms with Crippen LogP contribution in [0, 0.1) is 0 Å². The molecule has 2 aliphatic heterocycles. The molecule has 142 valence electrons. The third-order valence-corrected chi connectivity index (χ3v) is 5.38. The molecule has 0 bridgehead atoms. The predicted octanol–water partition coefficient (Wildman–Crippen LogP) is 1.06. The van der Waals surface area contributed by atoms with Gasteiger partial charge < -0.3 is 19.7 Å². The Hall–Kier alpha value is -2.90. The average molecular weight is 368 g/mol. The fourth-order valence-corrected chi connectivity index (χ4v) is 3.86. The number of rotatable bonds is 4. The predicted molar refractivity (Wildman–Crippen MR) is 99.1 cm³/mol. The smallest absolute Gasteiger partial charge is 0.317 e. The molecule has 8 nitrogen and oxygen atoms in total. The van der Waals surface area contributed by atoms with Crippen LogP contribution in [0.2, 0.25) is 0 Å². The number of nitrogens with one attached hydrogen (secondary N) is 1. The van der Waals surface area contributed by atoms with Crippen LogP contribution in [0.15, 0.2) is 36.8 Å². The van der Waals surface area contributed by atoms with Crippen molar-refractivity contribution in [2.75, 3.05) is 26.7 Å². The third-order valence-electron chi connectivity index (χ3n) is 5.38. The Bertz CT molecular complexity index is 813. The molecule has 1 atom stereocenters. The maximum absolute atomic E-state index is 12.6. The molecule has 2 aliphatic rings. The van der Waals surface area contributed by atoms with Gasteiger partial charge in [0.1, 0.15) is 11.9 Å². The zero-order chi connectivity index (χ0) is 18.8. The summed E-state index contributed by atoms with van der Waals surface area (Å²) in [6.45, 7) is 2.52. The van der Waals surface area contributed by atoms with Gasteiger partial charge in [0.05, 0.1) is 18.8 Å². The zero-order valence-corrected chi connectivity index (χ0v) is 15.4. The molecule has 0 spiro atoms. The topological polar surface area (TPSA) is 83.4 Å². The molecule has 2 saturated heterocycles. The summed E-state index contributed by atoms with van der Waals surface area (Å²) in [5, 5.41) is 2.75. The maximum Gasteiger partial charge on any atom is 0.317 e. The Labute approximate surface area is 158 Å². The number of pyridine rings is 1. The molecule has 0 radical (unpaired) electrons. The van der Waals surface area contributed by atoms with Gasteiger partial charge in [0, 0.05) is 44.6 Å². The van der Waals surface area contributed by atoms with Crippen LogP contribution in [0.5, 0.6) is 0 Å². The molecule has 2 aromatic rings. The van der Waals surface area contributed by atoms with Crippen molar-refractivity contribution >= 4 is 11.9 Å². The first-order valence-electron chi connectivity index (χ1n) is 9.33. The van der Waals surface area contributed by atoms with Crippen LogP contribution in [0.25, 0.3) is 0 Å². The van der Waals surface area contributed by atoms with E-state index in [0.29, 0.717) is 32.1 Å². The van der Waals surface area contributed by atoms with E-state index < -0.39 is 6.04 Å². The zero-order valence-electron chi connectivity index (χ0n) is 15.4. The van der Waals surface area contributed by atoms with Crippen molar-refractivity contribution in [3.05, 3.63) is 48.3 Å². The van der Waals surface area contributed by atoms with Crippen molar-refractivity contribution in [2.45, 2.75) is 31.3 Å². The standard InChI is InChI=1S/C19H24N6O2/c1-23-13-16(22-19(23)27)18(26)24-9-5-14(6-10-24)17-21-8-11-25(17)12-15-4-2-3-7-20-15/h2-4,7-8,11,14,16H,5-6,9-10,12-13H2,1H3,(H,22,27). The number of likely N-dealkylation sites (N-methyl/N-ethyl adjacent to an activating group) is 1. The first-order valence-corrected chi connectivity index (χ1v) is 9.33. The Balaban J connectivity index is 1.37. The molecule has 27 heavy (non-hydrogen) atoms. The highest BCUT2D eigenvalue weighted by molar-refractivity contribution is 5.90. The van der Waals surface area contributed by atoms with Gasteiger partial charge in [-0.25, -0.2) is 9.78 Å². The fourth-order valence-electron chi connectivity index (χ4n) is 3.86. The van der Waals surface area contributed by atoms with E-state index in [0.717, 1.165) is 24.4 Å². The number of imidazole rings is 1. The summed E-state index contributed by atoms with van der Waals surface area (Å²) in [6.07, 6.45) is 7.38. The number of aromatic nitrogens is 3. The molecule has 0 saturated carbocycles. The van der Waals surface area contributed by atoms with E-state index in [2.05, 4.69) is 19.9 Å². The van der Waals surface area contributed by atoms with Gasteiger partial charge in [-0.05, 0) is 25.0 Å². The number of hydrogen-bond donors (Lipinski definition) is 1. The van der Waals surface area contributed by atoms with Crippen molar-refractivity contribution in [1.82, 2.24) is 29.7 Å². The lowest BCUT2D eigenvalue weighted by molar-refractivity contribution is -0.133. The van der Waals surface area contributed by atoms with E-state index in [1.807, 2.05) is 35.5 Å². The van der Waals surface area contributed by atoms with Crippen molar-refractivity contribution in [3.63, 3.8) is 0 Å². The summed E-state index contributed by atoms with van der Waals surface area (Å²) in [4.78, 5) is 36.6. The fraction of sp³-hybridized carbons (Fsp3) is 0.474. The molecule has 1 N–H and O–H groups in total. The second-order valence-electron chi connectivity index (χ2n) is 7.22. The van der Waals surface area contributed by atoms with Gasteiger partial charge in [-0.2, -0.15) is 0 Å². The second kappa shape index (κ2) is 7.38. The summed E-state index contributed by atoms with van der Waals surface area (Å²) in [6, 6.07) is 5.31. The molecule has 2 fully saturated rings. The minimum absolute atomic E-state index is 0.0166. The lowest BCUT2D eigenvalue weighted by atomic mass is 9.95. The molecule has 8 heteroatoms. The Morgan fingerprint density at radius 3 is 2.70 bits per heavy atom. The summed E-state index contributed by atoms with van der Waals surface area (Å²) in [5.74, 6) is 1.40. The Kier molecular flexibility index (Phi) is 4.79. The summed E-state index contributed by atoms with van der Waals surface area (Å²) in [7, 11) is 1.70. The van der Waals surface area contributed by atoms with Crippen molar-refractivity contribution in [1.29, 1.82) is 0 Å². The first kappa shape index (κ1) is 17.5. The third kappa shape index (κ3) is 3.65. The number of carbonyl (C=O) groups excluding carboxylic acids is 2. The van der Waals surface area contributed by atoms with Crippen LogP contribution in [0.3, 0.4) is 0 Å². The molecule has 0 aromatic carbocycles. The van der Waals surface area contributed by atoms with Crippen molar-refractivity contribution in [3.8, 4) is 0 Å². The lowest BCUT2D eigenvalue weighted by Gasteiger charge is -2.33. The van der Waals surface area contributed by atoms with Crippen LogP contribution in [0.4, 0.5) is 4.79 Å². The minimum atomic E-state index is -0.426. The number of carbonyl (C=O) groups is 2. The quantitative estimate of drug-likeness (QED) is 0.875. The van der Waals surface area contributed by atoms with Crippen LogP contribution < -0.4 is 5.32 Å². The van der Waals surface area contributed by atoms with E-state index in [-0.39, 0.29) is 11.9 Å².